The normalized spacial score (nSPS) is 14.9. The molecule has 33 heteroatoms. The molecule has 2 saturated carbocycles. The van der Waals surface area contributed by atoms with Gasteiger partial charge in [-0.05, 0) is 89.9 Å². The number of carbonyl (C=O) groups is 10. The number of nitrogens with one attached hydrogen (secondary N) is 7. The van der Waals surface area contributed by atoms with Gasteiger partial charge < -0.3 is 114 Å². The molecule has 0 aromatic carbocycles. The number of rotatable bonds is 65. The summed E-state index contributed by atoms with van der Waals surface area (Å²) in [5.74, 6) is 10.5. The van der Waals surface area contributed by atoms with Crippen molar-refractivity contribution in [2.45, 2.75) is 166 Å². The number of hydrogen-bond acceptors (Lipinski definition) is 25. The number of terminal acetylenes is 6. The quantitative estimate of drug-likeness (QED) is 0.0235. The highest BCUT2D eigenvalue weighted by Gasteiger charge is 2.37. The number of nitrogens with two attached hydrogens (primary N) is 1. The Balaban J connectivity index is 0.00000194. The summed E-state index contributed by atoms with van der Waals surface area (Å²) >= 11 is 0. The molecule has 636 valence electrons. The fourth-order valence-electron chi connectivity index (χ4n) is 11.0. The number of carbonyl (C=O) groups excluding carboxylic acids is 9. The average molecular weight is 1600 g/mol. The summed E-state index contributed by atoms with van der Waals surface area (Å²) < 4.78 is 73.7. The van der Waals surface area contributed by atoms with Gasteiger partial charge in [-0.3, -0.25) is 47.9 Å². The SMILES string of the molecule is C#CCOCCOCCNC(=O)CCC(CCC(=O)NCCOCCOCC#C)(CCC(=O)NCCOCCOCC#C)NC(=O)C1CCC(OC(C)=O)CC1.C#CCOCCOCCNC(=O)CCC(N)(CCC(=O)NCCOCCOCC#C)CCC(=O)NCCOCCOCC#C.CC(=O)OC1CCC(C(=O)O)CC1. The van der Waals surface area contributed by atoms with Gasteiger partial charge in [0, 0.05) is 109 Å². The fraction of sp³-hybridized carbons (Fsp3) is 0.725. The van der Waals surface area contributed by atoms with Crippen LogP contribution in [-0.4, -0.2) is 285 Å². The molecule has 33 nitrogen and oxygen atoms in total. The van der Waals surface area contributed by atoms with Gasteiger partial charge in [-0.25, -0.2) is 0 Å². The summed E-state index contributed by atoms with van der Waals surface area (Å²) in [6.07, 6.45) is 36.9. The molecule has 0 bridgehead atoms. The number of esters is 2. The molecule has 2 fully saturated rings. The van der Waals surface area contributed by atoms with Gasteiger partial charge in [-0.1, -0.05) is 35.5 Å². The number of carboxylic acids is 1. The van der Waals surface area contributed by atoms with E-state index in [1.807, 2.05) is 0 Å². The van der Waals surface area contributed by atoms with Crippen LogP contribution in [0.15, 0.2) is 0 Å². The minimum absolute atomic E-state index is 0.0131. The van der Waals surface area contributed by atoms with E-state index in [1.54, 1.807) is 0 Å². The molecule has 7 amide bonds. The molecule has 113 heavy (non-hydrogen) atoms. The van der Waals surface area contributed by atoms with Crippen molar-refractivity contribution in [1.82, 2.24) is 37.2 Å². The van der Waals surface area contributed by atoms with Crippen molar-refractivity contribution in [3.63, 3.8) is 0 Å². The molecule has 0 aliphatic heterocycles. The van der Waals surface area contributed by atoms with Crippen LogP contribution < -0.4 is 43.0 Å². The number of hydrogen-bond donors (Lipinski definition) is 9. The zero-order chi connectivity index (χ0) is 83.5. The van der Waals surface area contributed by atoms with Gasteiger partial charge in [0.05, 0.1) is 125 Å². The van der Waals surface area contributed by atoms with E-state index in [4.69, 9.17) is 116 Å². The molecule has 10 N–H and O–H groups in total. The summed E-state index contributed by atoms with van der Waals surface area (Å²) in [5, 5.41) is 28.7. The first kappa shape index (κ1) is 105. The van der Waals surface area contributed by atoms with Crippen molar-refractivity contribution in [2.24, 2.45) is 17.6 Å². The lowest BCUT2D eigenvalue weighted by atomic mass is 9.81. The summed E-state index contributed by atoms with van der Waals surface area (Å²) in [4.78, 5) is 123. The second-order valence-corrected chi connectivity index (χ2v) is 26.0. The molecule has 0 spiro atoms. The van der Waals surface area contributed by atoms with Crippen LogP contribution in [0.4, 0.5) is 0 Å². The van der Waals surface area contributed by atoms with Gasteiger partial charge in [0.15, 0.2) is 0 Å². The van der Waals surface area contributed by atoms with Crippen molar-refractivity contribution >= 4 is 59.3 Å². The largest absolute Gasteiger partial charge is 0.481 e. The van der Waals surface area contributed by atoms with Crippen LogP contribution in [0.2, 0.25) is 0 Å². The highest BCUT2D eigenvalue weighted by atomic mass is 16.6. The Bertz CT molecular complexity index is 2680. The zero-order valence-electron chi connectivity index (χ0n) is 66.5. The molecule has 2 aliphatic rings. The Morgan fingerprint density at radius 3 is 0.752 bits per heavy atom. The van der Waals surface area contributed by atoms with E-state index in [0.29, 0.717) is 189 Å². The smallest absolute Gasteiger partial charge is 0.306 e. The number of carboxylic acid groups (broad SMARTS) is 1. The number of aliphatic carboxylic acids is 1. The molecule has 2 rings (SSSR count). The molecule has 2 aliphatic carbocycles. The Morgan fingerprint density at radius 2 is 0.540 bits per heavy atom. The first-order chi connectivity index (χ1) is 54.6. The van der Waals surface area contributed by atoms with Gasteiger partial charge in [-0.2, -0.15) is 0 Å². The van der Waals surface area contributed by atoms with Crippen LogP contribution in [0.3, 0.4) is 0 Å². The lowest BCUT2D eigenvalue weighted by Crippen LogP contribution is -2.52. The minimum atomic E-state index is -1.09. The number of ether oxygens (including phenoxy) is 14. The van der Waals surface area contributed by atoms with Gasteiger partial charge in [0.2, 0.25) is 41.4 Å². The second kappa shape index (κ2) is 72.5. The lowest BCUT2D eigenvalue weighted by molar-refractivity contribution is -0.151. The third kappa shape index (κ3) is 64.6. The van der Waals surface area contributed by atoms with E-state index in [-0.39, 0.29) is 214 Å². The first-order valence-electron chi connectivity index (χ1n) is 38.4. The maximum absolute atomic E-state index is 13.9. The third-order valence-corrected chi connectivity index (χ3v) is 16.9. The van der Waals surface area contributed by atoms with E-state index < -0.39 is 17.0 Å². The standard InChI is InChI=1S/C40H62N4O12.C31H50N4O9.C9H14O4/c1-5-21-50-27-30-53-24-18-41-36(46)12-15-40(16-13-37(47)42-19-25-54-31-28-51-22-6-2,17-14-38(48)43-20-26-55-32-29-52-23-7-3)44-39(49)34-8-10-35(11-9-34)56-33(4)45;1-4-16-39-22-25-42-19-13-33-28(36)7-10-31(32,11-8-29(37)34-14-20-43-26-23-40-17-5-2)12-9-30(38)35-15-21-44-27-24-41-18-6-3;1-6(10)13-8-4-2-7(3-5-8)9(11)12/h1-3,34-35H,8-32H2,4H3,(H,41,46)(H,42,47)(H,43,48)(H,44,49);1-3H,7-27,32H2,(H,33,36)(H,34,37)(H,35,38);7-8H,2-5H2,1H3,(H,11,12). The van der Waals surface area contributed by atoms with Crippen molar-refractivity contribution in [3.8, 4) is 74.1 Å². The Labute approximate surface area is 668 Å². The predicted octanol–water partition coefficient (Wildman–Crippen LogP) is 1.22. The van der Waals surface area contributed by atoms with Crippen molar-refractivity contribution in [3.05, 3.63) is 0 Å². The van der Waals surface area contributed by atoms with Gasteiger partial charge in [0.1, 0.15) is 51.8 Å². The van der Waals surface area contributed by atoms with Gasteiger partial charge in [-0.15, -0.1) is 38.5 Å². The molecule has 0 aromatic heterocycles. The predicted molar refractivity (Wildman–Crippen MR) is 417 cm³/mol. The first-order valence-corrected chi connectivity index (χ1v) is 38.4. The van der Waals surface area contributed by atoms with Crippen LogP contribution >= 0.6 is 0 Å². The molecule has 0 radical (unpaired) electrons. The molecule has 0 aromatic rings. The van der Waals surface area contributed by atoms with Crippen LogP contribution in [0.25, 0.3) is 0 Å². The lowest BCUT2D eigenvalue weighted by Gasteiger charge is -2.37. The van der Waals surface area contributed by atoms with Crippen LogP contribution in [0, 0.1) is 85.9 Å². The zero-order valence-corrected chi connectivity index (χ0v) is 66.5. The Kier molecular flexibility index (Phi) is 67.1. The van der Waals surface area contributed by atoms with Gasteiger partial charge >= 0.3 is 17.9 Å². The molecule has 0 heterocycles. The summed E-state index contributed by atoms with van der Waals surface area (Å²) in [6.45, 7) is 11.6. The van der Waals surface area contributed by atoms with E-state index in [9.17, 15) is 47.9 Å². The van der Waals surface area contributed by atoms with Crippen molar-refractivity contribution in [2.75, 3.05) is 198 Å². The molecule has 0 unspecified atom stereocenters. The number of amides is 7. The van der Waals surface area contributed by atoms with Crippen molar-refractivity contribution < 1.29 is 119 Å². The monoisotopic (exact) mass is 1600 g/mol. The van der Waals surface area contributed by atoms with E-state index in [1.165, 1.54) is 13.8 Å². The highest BCUT2D eigenvalue weighted by Crippen LogP contribution is 2.32. The summed E-state index contributed by atoms with van der Waals surface area (Å²) in [7, 11) is 0. The summed E-state index contributed by atoms with van der Waals surface area (Å²) in [5.41, 5.74) is 4.65. The van der Waals surface area contributed by atoms with E-state index >= 15 is 0 Å². The summed E-state index contributed by atoms with van der Waals surface area (Å²) in [6, 6.07) is 0. The fourth-order valence-corrected chi connectivity index (χ4v) is 11.0. The third-order valence-electron chi connectivity index (χ3n) is 16.9. The van der Waals surface area contributed by atoms with Crippen LogP contribution in [-0.2, 0) is 114 Å². The maximum atomic E-state index is 13.9. The second-order valence-electron chi connectivity index (χ2n) is 26.0. The van der Waals surface area contributed by atoms with E-state index in [0.717, 1.165) is 0 Å². The molecular weight excluding hydrogens is 1470 g/mol. The average Bonchev–Trinajstić information content (AvgIpc) is 0.831. The van der Waals surface area contributed by atoms with Crippen molar-refractivity contribution in [1.29, 1.82) is 0 Å². The minimum Gasteiger partial charge on any atom is -0.481 e. The topological polar surface area (TPSA) is 430 Å². The highest BCUT2D eigenvalue weighted by molar-refractivity contribution is 5.82. The molecule has 0 atom stereocenters. The maximum Gasteiger partial charge on any atom is 0.306 e. The van der Waals surface area contributed by atoms with Gasteiger partial charge in [0.25, 0.3) is 0 Å². The molecular formula is C80H126N8O25. The van der Waals surface area contributed by atoms with Crippen LogP contribution in [0.5, 0.6) is 0 Å². The Morgan fingerprint density at radius 1 is 0.327 bits per heavy atom. The van der Waals surface area contributed by atoms with Crippen LogP contribution in [0.1, 0.15) is 142 Å². The molecule has 0 saturated heterocycles. The van der Waals surface area contributed by atoms with E-state index in [2.05, 4.69) is 72.7 Å². The Hall–Kier alpha value is -8.46.